The molecule has 1 aromatic carbocycles. The van der Waals surface area contributed by atoms with Gasteiger partial charge in [0.25, 0.3) is 0 Å². The number of nitrogens with zero attached hydrogens (tertiary/aromatic N) is 3. The van der Waals surface area contributed by atoms with E-state index < -0.39 is 0 Å². The molecule has 4 nitrogen and oxygen atoms in total. The van der Waals surface area contributed by atoms with Crippen LogP contribution in [-0.2, 0) is 12.8 Å². The lowest BCUT2D eigenvalue weighted by atomic mass is 10.1. The third-order valence-electron chi connectivity index (χ3n) is 3.34. The molecule has 0 aliphatic heterocycles. The van der Waals surface area contributed by atoms with Crippen molar-refractivity contribution in [1.82, 2.24) is 15.0 Å². The van der Waals surface area contributed by atoms with Crippen LogP contribution in [0.3, 0.4) is 0 Å². The van der Waals surface area contributed by atoms with Crippen molar-refractivity contribution in [2.45, 2.75) is 26.7 Å². The van der Waals surface area contributed by atoms with Crippen molar-refractivity contribution in [2.75, 3.05) is 5.73 Å². The van der Waals surface area contributed by atoms with Gasteiger partial charge in [-0.2, -0.15) is 0 Å². The summed E-state index contributed by atoms with van der Waals surface area (Å²) in [6, 6.07) is 8.32. The first-order valence-electron chi connectivity index (χ1n) is 6.57. The zero-order valence-corrected chi connectivity index (χ0v) is 11.1. The Balaban J connectivity index is 2.34. The van der Waals surface area contributed by atoms with E-state index in [1.807, 2.05) is 19.1 Å². The Morgan fingerprint density at radius 3 is 2.58 bits per heavy atom. The van der Waals surface area contributed by atoms with Crippen LogP contribution in [0.4, 0.5) is 5.82 Å². The van der Waals surface area contributed by atoms with Crippen LogP contribution in [0, 0.1) is 0 Å². The number of nitrogens with two attached hydrogens (primary N) is 1. The van der Waals surface area contributed by atoms with E-state index in [4.69, 9.17) is 5.73 Å². The molecule has 0 saturated heterocycles. The standard InChI is InChI=1S/C15H16N4/c1-3-9-5-6-12-10(7-9)8-11-14(16)18-13(4-2)19-15(11)17-12/h5-8H,3-4H2,1-2H3,(H2,16,17,18,19). The minimum Gasteiger partial charge on any atom is -0.383 e. The highest BCUT2D eigenvalue weighted by Gasteiger charge is 2.07. The number of hydrogen-bond donors (Lipinski definition) is 1. The zero-order valence-electron chi connectivity index (χ0n) is 11.1. The molecule has 4 heteroatoms. The van der Waals surface area contributed by atoms with E-state index in [0.29, 0.717) is 11.5 Å². The van der Waals surface area contributed by atoms with Gasteiger partial charge in [0, 0.05) is 11.8 Å². The van der Waals surface area contributed by atoms with Gasteiger partial charge in [0.1, 0.15) is 11.6 Å². The topological polar surface area (TPSA) is 64.7 Å². The van der Waals surface area contributed by atoms with E-state index in [9.17, 15) is 0 Å². The minimum absolute atomic E-state index is 0.512. The summed E-state index contributed by atoms with van der Waals surface area (Å²) in [6.45, 7) is 4.15. The zero-order chi connectivity index (χ0) is 13.4. The number of hydrogen-bond acceptors (Lipinski definition) is 4. The number of anilines is 1. The van der Waals surface area contributed by atoms with Crippen molar-refractivity contribution in [3.05, 3.63) is 35.7 Å². The van der Waals surface area contributed by atoms with Gasteiger partial charge in [-0.15, -0.1) is 0 Å². The molecular formula is C15H16N4. The van der Waals surface area contributed by atoms with Gasteiger partial charge in [0.15, 0.2) is 5.65 Å². The van der Waals surface area contributed by atoms with Crippen LogP contribution in [0.2, 0.25) is 0 Å². The fourth-order valence-electron chi connectivity index (χ4n) is 2.21. The Labute approximate surface area is 111 Å². The first kappa shape index (κ1) is 11.8. The number of nitrogen functional groups attached to an aromatic ring is 1. The Hall–Kier alpha value is -2.23. The van der Waals surface area contributed by atoms with Crippen LogP contribution >= 0.6 is 0 Å². The van der Waals surface area contributed by atoms with Gasteiger partial charge in [-0.05, 0) is 30.2 Å². The number of pyridine rings is 1. The molecule has 0 saturated carbocycles. The van der Waals surface area contributed by atoms with Crippen LogP contribution in [0.15, 0.2) is 24.3 Å². The molecule has 19 heavy (non-hydrogen) atoms. The maximum absolute atomic E-state index is 6.00. The molecule has 0 aliphatic carbocycles. The number of benzene rings is 1. The van der Waals surface area contributed by atoms with Crippen LogP contribution < -0.4 is 5.73 Å². The van der Waals surface area contributed by atoms with E-state index in [0.717, 1.165) is 35.0 Å². The predicted molar refractivity (Wildman–Crippen MR) is 78.0 cm³/mol. The molecule has 0 fully saturated rings. The van der Waals surface area contributed by atoms with E-state index in [2.05, 4.69) is 34.0 Å². The maximum atomic E-state index is 6.00. The van der Waals surface area contributed by atoms with Crippen molar-refractivity contribution >= 4 is 27.8 Å². The smallest absolute Gasteiger partial charge is 0.165 e. The van der Waals surface area contributed by atoms with Gasteiger partial charge in [0.2, 0.25) is 0 Å². The number of aryl methyl sites for hydroxylation is 2. The third-order valence-corrected chi connectivity index (χ3v) is 3.34. The van der Waals surface area contributed by atoms with Gasteiger partial charge in [-0.3, -0.25) is 0 Å². The van der Waals surface area contributed by atoms with Crippen molar-refractivity contribution in [3.63, 3.8) is 0 Å². The molecule has 2 aromatic heterocycles. The highest BCUT2D eigenvalue weighted by molar-refractivity contribution is 5.95. The summed E-state index contributed by atoms with van der Waals surface area (Å²) in [5.74, 6) is 1.25. The molecule has 3 aromatic rings. The highest BCUT2D eigenvalue weighted by Crippen LogP contribution is 2.23. The second kappa shape index (κ2) is 4.46. The number of fused-ring (bicyclic) bond motifs is 2. The molecule has 0 unspecified atom stereocenters. The molecular weight excluding hydrogens is 236 g/mol. The van der Waals surface area contributed by atoms with Crippen molar-refractivity contribution in [3.8, 4) is 0 Å². The Morgan fingerprint density at radius 1 is 1.00 bits per heavy atom. The summed E-state index contributed by atoms with van der Waals surface area (Å²) in [4.78, 5) is 13.3. The van der Waals surface area contributed by atoms with E-state index in [-0.39, 0.29) is 0 Å². The van der Waals surface area contributed by atoms with Gasteiger partial charge in [0.05, 0.1) is 10.9 Å². The normalized spacial score (nSPS) is 11.3. The molecule has 0 spiro atoms. The molecule has 3 rings (SSSR count). The SMILES string of the molecule is CCc1ccc2nc3nc(CC)nc(N)c3cc2c1. The first-order valence-corrected chi connectivity index (χ1v) is 6.57. The molecule has 2 heterocycles. The Bertz CT molecular complexity index is 765. The fraction of sp³-hybridized carbons (Fsp3) is 0.267. The van der Waals surface area contributed by atoms with Crippen molar-refractivity contribution < 1.29 is 0 Å². The summed E-state index contributed by atoms with van der Waals surface area (Å²) < 4.78 is 0. The van der Waals surface area contributed by atoms with E-state index in [1.165, 1.54) is 5.56 Å². The van der Waals surface area contributed by atoms with Gasteiger partial charge >= 0.3 is 0 Å². The largest absolute Gasteiger partial charge is 0.383 e. The Morgan fingerprint density at radius 2 is 1.84 bits per heavy atom. The van der Waals surface area contributed by atoms with Crippen molar-refractivity contribution in [1.29, 1.82) is 0 Å². The molecule has 0 aliphatic rings. The number of rotatable bonds is 2. The van der Waals surface area contributed by atoms with E-state index >= 15 is 0 Å². The fourth-order valence-corrected chi connectivity index (χ4v) is 2.21. The lowest BCUT2D eigenvalue weighted by Crippen LogP contribution is -2.01. The molecule has 0 amide bonds. The van der Waals surface area contributed by atoms with Gasteiger partial charge in [-0.25, -0.2) is 15.0 Å². The van der Waals surface area contributed by atoms with Crippen LogP contribution in [0.5, 0.6) is 0 Å². The molecule has 96 valence electrons. The number of aromatic nitrogens is 3. The second-order valence-electron chi connectivity index (χ2n) is 4.62. The molecule has 0 bridgehead atoms. The molecule has 0 radical (unpaired) electrons. The van der Waals surface area contributed by atoms with Gasteiger partial charge < -0.3 is 5.73 Å². The van der Waals surface area contributed by atoms with Crippen LogP contribution in [0.1, 0.15) is 25.2 Å². The van der Waals surface area contributed by atoms with Crippen LogP contribution in [0.25, 0.3) is 21.9 Å². The first-order chi connectivity index (χ1) is 9.21. The Kier molecular flexibility index (Phi) is 2.78. The monoisotopic (exact) mass is 252 g/mol. The van der Waals surface area contributed by atoms with Crippen molar-refractivity contribution in [2.24, 2.45) is 0 Å². The average Bonchev–Trinajstić information content (AvgIpc) is 2.44. The van der Waals surface area contributed by atoms with Gasteiger partial charge in [-0.1, -0.05) is 19.9 Å². The average molecular weight is 252 g/mol. The summed E-state index contributed by atoms with van der Waals surface area (Å²) >= 11 is 0. The molecule has 2 N–H and O–H groups in total. The quantitative estimate of drug-likeness (QED) is 0.712. The minimum atomic E-state index is 0.512. The summed E-state index contributed by atoms with van der Waals surface area (Å²) in [7, 11) is 0. The third kappa shape index (κ3) is 1.99. The summed E-state index contributed by atoms with van der Waals surface area (Å²) in [5, 5.41) is 1.92. The summed E-state index contributed by atoms with van der Waals surface area (Å²) in [5.41, 5.74) is 8.92. The van der Waals surface area contributed by atoms with E-state index in [1.54, 1.807) is 0 Å². The van der Waals surface area contributed by atoms with Crippen LogP contribution in [-0.4, -0.2) is 15.0 Å². The lowest BCUT2D eigenvalue weighted by molar-refractivity contribution is 0.960. The second-order valence-corrected chi connectivity index (χ2v) is 4.62. The molecule has 0 atom stereocenters. The lowest BCUT2D eigenvalue weighted by Gasteiger charge is -2.06. The maximum Gasteiger partial charge on any atom is 0.165 e. The summed E-state index contributed by atoms with van der Waals surface area (Å²) in [6.07, 6.45) is 1.77. The highest BCUT2D eigenvalue weighted by atomic mass is 15.0. The predicted octanol–water partition coefficient (Wildman–Crippen LogP) is 2.89.